The Morgan fingerprint density at radius 2 is 1.58 bits per heavy atom. The lowest BCUT2D eigenvalue weighted by Crippen LogP contribution is -2.36. The number of likely N-dealkylation sites (N-methyl/N-ethyl adjacent to an activating group) is 1. The van der Waals surface area contributed by atoms with Gasteiger partial charge in [-0.1, -0.05) is 49.7 Å². The molecular weight excluding hydrogens is 394 g/mol. The maximum Gasteiger partial charge on any atom is 0.410 e. The number of amides is 1. The Morgan fingerprint density at radius 1 is 1.00 bits per heavy atom. The first kappa shape index (κ1) is 24.4. The van der Waals surface area contributed by atoms with E-state index in [1.807, 2.05) is 24.3 Å². The number of hydrogen-bond acceptors (Lipinski definition) is 5. The SMILES string of the molecule is CCCc1ccc(CC(=O)Oc2ccc(C(O)CN(C)C(=O)OC(C)(C)C)cc2)cc1. The molecule has 0 bridgehead atoms. The minimum atomic E-state index is -0.885. The van der Waals surface area contributed by atoms with Gasteiger partial charge in [0, 0.05) is 7.05 Å². The van der Waals surface area contributed by atoms with Crippen LogP contribution in [0.2, 0.25) is 0 Å². The standard InChI is InChI=1S/C25H33NO5/c1-6-7-18-8-10-19(11-9-18)16-23(28)30-21-14-12-20(13-15-21)22(27)17-26(5)24(29)31-25(2,3)4/h8-15,22,27H,6-7,16-17H2,1-5H3. The molecule has 2 aromatic rings. The highest BCUT2D eigenvalue weighted by Gasteiger charge is 2.22. The number of aliphatic hydroxyl groups is 1. The summed E-state index contributed by atoms with van der Waals surface area (Å²) in [5.74, 6) is 0.0604. The highest BCUT2D eigenvalue weighted by Crippen LogP contribution is 2.20. The summed E-state index contributed by atoms with van der Waals surface area (Å²) in [5, 5.41) is 10.4. The molecule has 0 saturated heterocycles. The van der Waals surface area contributed by atoms with Crippen LogP contribution in [0.4, 0.5) is 4.79 Å². The van der Waals surface area contributed by atoms with Crippen molar-refractivity contribution >= 4 is 12.1 Å². The molecule has 6 nitrogen and oxygen atoms in total. The van der Waals surface area contributed by atoms with E-state index in [9.17, 15) is 14.7 Å². The molecule has 1 atom stereocenters. The summed E-state index contributed by atoms with van der Waals surface area (Å²) >= 11 is 0. The molecule has 2 rings (SSSR count). The van der Waals surface area contributed by atoms with Gasteiger partial charge in [0.15, 0.2) is 0 Å². The van der Waals surface area contributed by atoms with Gasteiger partial charge in [0.25, 0.3) is 0 Å². The predicted octanol–water partition coefficient (Wildman–Crippen LogP) is 4.69. The van der Waals surface area contributed by atoms with Gasteiger partial charge < -0.3 is 19.5 Å². The quantitative estimate of drug-likeness (QED) is 0.489. The largest absolute Gasteiger partial charge is 0.444 e. The average molecular weight is 428 g/mol. The summed E-state index contributed by atoms with van der Waals surface area (Å²) in [6.45, 7) is 7.58. The monoisotopic (exact) mass is 427 g/mol. The third-order valence-electron chi connectivity index (χ3n) is 4.56. The van der Waals surface area contributed by atoms with E-state index in [1.165, 1.54) is 10.5 Å². The number of nitrogens with zero attached hydrogens (tertiary/aromatic N) is 1. The van der Waals surface area contributed by atoms with Gasteiger partial charge in [0.1, 0.15) is 11.4 Å². The molecule has 6 heteroatoms. The summed E-state index contributed by atoms with van der Waals surface area (Å²) in [5.41, 5.74) is 2.18. The van der Waals surface area contributed by atoms with Crippen molar-refractivity contribution in [1.29, 1.82) is 0 Å². The second kappa shape index (κ2) is 11.0. The van der Waals surface area contributed by atoms with Crippen molar-refractivity contribution in [2.24, 2.45) is 0 Å². The molecule has 0 spiro atoms. The predicted molar refractivity (Wildman–Crippen MR) is 120 cm³/mol. The van der Waals surface area contributed by atoms with Crippen molar-refractivity contribution < 1.29 is 24.2 Å². The highest BCUT2D eigenvalue weighted by molar-refractivity contribution is 5.75. The minimum Gasteiger partial charge on any atom is -0.444 e. The normalized spacial score (nSPS) is 12.2. The van der Waals surface area contributed by atoms with E-state index < -0.39 is 17.8 Å². The molecule has 168 valence electrons. The van der Waals surface area contributed by atoms with Gasteiger partial charge in [-0.2, -0.15) is 0 Å². The van der Waals surface area contributed by atoms with Crippen molar-refractivity contribution in [1.82, 2.24) is 4.90 Å². The third-order valence-corrected chi connectivity index (χ3v) is 4.56. The topological polar surface area (TPSA) is 76.1 Å². The van der Waals surface area contributed by atoms with Crippen LogP contribution in [0.1, 0.15) is 56.9 Å². The molecule has 1 amide bonds. The van der Waals surface area contributed by atoms with E-state index in [-0.39, 0.29) is 18.9 Å². The summed E-state index contributed by atoms with van der Waals surface area (Å²) in [4.78, 5) is 25.6. The molecule has 2 aromatic carbocycles. The van der Waals surface area contributed by atoms with Gasteiger partial charge >= 0.3 is 12.1 Å². The van der Waals surface area contributed by atoms with Crippen LogP contribution in [0.15, 0.2) is 48.5 Å². The van der Waals surface area contributed by atoms with Gasteiger partial charge in [-0.15, -0.1) is 0 Å². The summed E-state index contributed by atoms with van der Waals surface area (Å²) < 4.78 is 10.7. The first-order chi connectivity index (χ1) is 14.6. The van der Waals surface area contributed by atoms with Crippen LogP contribution >= 0.6 is 0 Å². The number of benzene rings is 2. The van der Waals surface area contributed by atoms with Crippen molar-refractivity contribution in [3.63, 3.8) is 0 Å². The first-order valence-electron chi connectivity index (χ1n) is 10.6. The zero-order valence-corrected chi connectivity index (χ0v) is 19.1. The molecule has 0 fully saturated rings. The zero-order chi connectivity index (χ0) is 23.0. The molecular formula is C25H33NO5. The second-order valence-corrected chi connectivity index (χ2v) is 8.66. The van der Waals surface area contributed by atoms with E-state index in [2.05, 4.69) is 6.92 Å². The van der Waals surface area contributed by atoms with Gasteiger partial charge in [0.2, 0.25) is 0 Å². The lowest BCUT2D eigenvalue weighted by Gasteiger charge is -2.26. The Labute approximate surface area is 184 Å². The highest BCUT2D eigenvalue weighted by atomic mass is 16.6. The van der Waals surface area contributed by atoms with Crippen LogP contribution in [-0.2, 0) is 22.4 Å². The van der Waals surface area contributed by atoms with Gasteiger partial charge in [-0.3, -0.25) is 4.79 Å². The van der Waals surface area contributed by atoms with E-state index in [0.717, 1.165) is 18.4 Å². The molecule has 0 saturated carbocycles. The Kier molecular flexibility index (Phi) is 8.63. The number of aryl methyl sites for hydroxylation is 1. The van der Waals surface area contributed by atoms with Crippen molar-refractivity contribution in [3.05, 3.63) is 65.2 Å². The molecule has 0 aliphatic heterocycles. The van der Waals surface area contributed by atoms with E-state index >= 15 is 0 Å². The van der Waals surface area contributed by atoms with Crippen LogP contribution in [-0.4, -0.2) is 41.3 Å². The van der Waals surface area contributed by atoms with E-state index in [4.69, 9.17) is 9.47 Å². The van der Waals surface area contributed by atoms with Crippen LogP contribution < -0.4 is 4.74 Å². The summed E-state index contributed by atoms with van der Waals surface area (Å²) in [6, 6.07) is 14.6. The summed E-state index contributed by atoms with van der Waals surface area (Å²) in [6.07, 6.45) is 0.917. The maximum absolute atomic E-state index is 12.2. The Morgan fingerprint density at radius 3 is 2.13 bits per heavy atom. The number of hydrogen-bond donors (Lipinski definition) is 1. The molecule has 0 aliphatic rings. The fourth-order valence-corrected chi connectivity index (χ4v) is 2.98. The van der Waals surface area contributed by atoms with Crippen molar-refractivity contribution in [2.75, 3.05) is 13.6 Å². The smallest absolute Gasteiger partial charge is 0.410 e. The van der Waals surface area contributed by atoms with Gasteiger partial charge in [0.05, 0.1) is 19.1 Å². The second-order valence-electron chi connectivity index (χ2n) is 8.66. The number of esters is 1. The minimum absolute atomic E-state index is 0.0854. The van der Waals surface area contributed by atoms with Gasteiger partial charge in [-0.25, -0.2) is 4.79 Å². The molecule has 0 aliphatic carbocycles. The zero-order valence-electron chi connectivity index (χ0n) is 19.1. The van der Waals surface area contributed by atoms with Crippen molar-refractivity contribution in [2.45, 2.75) is 58.7 Å². The third kappa shape index (κ3) is 8.42. The number of ether oxygens (including phenoxy) is 2. The number of rotatable bonds is 8. The van der Waals surface area contributed by atoms with Crippen LogP contribution in [0.5, 0.6) is 5.75 Å². The van der Waals surface area contributed by atoms with Crippen molar-refractivity contribution in [3.8, 4) is 5.75 Å². The fourth-order valence-electron chi connectivity index (χ4n) is 2.98. The molecule has 0 aromatic heterocycles. The molecule has 0 heterocycles. The number of aliphatic hydroxyl groups excluding tert-OH is 1. The van der Waals surface area contributed by atoms with Crippen LogP contribution in [0.25, 0.3) is 0 Å². The molecule has 1 unspecified atom stereocenters. The summed E-state index contributed by atoms with van der Waals surface area (Å²) in [7, 11) is 1.57. The average Bonchev–Trinajstić information content (AvgIpc) is 2.68. The number of carbonyl (C=O) groups is 2. The Hall–Kier alpha value is -2.86. The lowest BCUT2D eigenvalue weighted by molar-refractivity contribution is -0.133. The first-order valence-corrected chi connectivity index (χ1v) is 10.6. The van der Waals surface area contributed by atoms with E-state index in [1.54, 1.807) is 52.1 Å². The lowest BCUT2D eigenvalue weighted by atomic mass is 10.1. The van der Waals surface area contributed by atoms with E-state index in [0.29, 0.717) is 11.3 Å². The Bertz CT molecular complexity index is 853. The molecule has 0 radical (unpaired) electrons. The molecule has 31 heavy (non-hydrogen) atoms. The molecule has 1 N–H and O–H groups in total. The maximum atomic E-state index is 12.2. The fraction of sp³-hybridized carbons (Fsp3) is 0.440. The number of carbonyl (C=O) groups excluding carboxylic acids is 2. The van der Waals surface area contributed by atoms with Crippen LogP contribution in [0.3, 0.4) is 0 Å². The Balaban J connectivity index is 1.87. The van der Waals surface area contributed by atoms with Crippen LogP contribution in [0, 0.1) is 0 Å². The van der Waals surface area contributed by atoms with Gasteiger partial charge in [-0.05, 0) is 56.0 Å².